The summed E-state index contributed by atoms with van der Waals surface area (Å²) >= 11 is 0. The summed E-state index contributed by atoms with van der Waals surface area (Å²) in [7, 11) is 0. The summed E-state index contributed by atoms with van der Waals surface area (Å²) in [6.45, 7) is 2.60. The molecule has 0 aliphatic carbocycles. The fourth-order valence-electron chi connectivity index (χ4n) is 0.504. The second-order valence-electron chi connectivity index (χ2n) is 1.96. The Hall–Kier alpha value is -0.480. The molecule has 0 aliphatic rings. The molecule has 0 amide bonds. The van der Waals surface area contributed by atoms with Crippen LogP contribution in [0.4, 0.5) is 0 Å². The number of nitrogens with one attached hydrogen (secondary N) is 1. The van der Waals surface area contributed by atoms with Crippen LogP contribution in [-0.4, -0.2) is 6.54 Å². The summed E-state index contributed by atoms with van der Waals surface area (Å²) < 4.78 is 0. The van der Waals surface area contributed by atoms with E-state index in [9.17, 15) is 0 Å². The molecule has 1 nitrogen and oxygen atoms in total. The average Bonchev–Trinajstić information content (AvgIpc) is 1.89. The third-order valence-electron chi connectivity index (χ3n) is 1.03. The van der Waals surface area contributed by atoms with E-state index in [1.165, 1.54) is 12.8 Å². The van der Waals surface area contributed by atoms with E-state index in [-0.39, 0.29) is 0 Å². The predicted octanol–water partition coefficient (Wildman–Crippen LogP) is 1.85. The van der Waals surface area contributed by atoms with Crippen LogP contribution < -0.4 is 5.73 Å². The van der Waals surface area contributed by atoms with Crippen LogP contribution in [0, 0.1) is 11.8 Å². The molecular formula is C8H14N. The molecule has 1 radical (unpaired) electrons. The highest BCUT2D eigenvalue weighted by Crippen LogP contribution is 1.90. The van der Waals surface area contributed by atoms with E-state index in [1.807, 2.05) is 0 Å². The summed E-state index contributed by atoms with van der Waals surface area (Å²) in [5.74, 6) is 5.95. The monoisotopic (exact) mass is 124 g/mol. The van der Waals surface area contributed by atoms with E-state index < -0.39 is 0 Å². The van der Waals surface area contributed by atoms with Crippen molar-refractivity contribution < 1.29 is 0 Å². The van der Waals surface area contributed by atoms with Crippen LogP contribution in [0.1, 0.15) is 32.6 Å². The molecule has 0 aromatic heterocycles. The first-order valence-corrected chi connectivity index (χ1v) is 3.52. The Kier molecular flexibility index (Phi) is 7.12. The normalized spacial score (nSPS) is 8.22. The highest BCUT2D eigenvalue weighted by atomic mass is 14.5. The van der Waals surface area contributed by atoms with Crippen molar-refractivity contribution in [2.75, 3.05) is 6.54 Å². The molecule has 0 fully saturated rings. The SMILES string of the molecule is CCCCC#CCC[NH]. The second kappa shape index (κ2) is 7.52. The maximum Gasteiger partial charge on any atom is 0.0228 e. The molecule has 0 atom stereocenters. The van der Waals surface area contributed by atoms with Crippen LogP contribution in [0.15, 0.2) is 0 Å². The number of hydrogen-bond acceptors (Lipinski definition) is 0. The lowest BCUT2D eigenvalue weighted by atomic mass is 10.2. The summed E-state index contributed by atoms with van der Waals surface area (Å²) in [5, 5.41) is 0. The number of unbranched alkanes of at least 4 members (excludes halogenated alkanes) is 2. The van der Waals surface area contributed by atoms with Gasteiger partial charge in [0.2, 0.25) is 0 Å². The average molecular weight is 124 g/mol. The van der Waals surface area contributed by atoms with Gasteiger partial charge >= 0.3 is 0 Å². The van der Waals surface area contributed by atoms with Gasteiger partial charge in [-0.1, -0.05) is 13.3 Å². The van der Waals surface area contributed by atoms with Gasteiger partial charge in [0.05, 0.1) is 0 Å². The highest BCUT2D eigenvalue weighted by molar-refractivity contribution is 4.98. The Morgan fingerprint density at radius 2 is 1.89 bits per heavy atom. The smallest absolute Gasteiger partial charge is 0.0228 e. The van der Waals surface area contributed by atoms with Crippen molar-refractivity contribution in [3.63, 3.8) is 0 Å². The summed E-state index contributed by atoms with van der Waals surface area (Å²) in [5.41, 5.74) is 6.78. The second-order valence-corrected chi connectivity index (χ2v) is 1.96. The Morgan fingerprint density at radius 1 is 1.22 bits per heavy atom. The molecule has 1 N–H and O–H groups in total. The van der Waals surface area contributed by atoms with E-state index in [0.29, 0.717) is 6.54 Å². The lowest BCUT2D eigenvalue weighted by Gasteiger charge is -1.82. The van der Waals surface area contributed by atoms with E-state index in [4.69, 9.17) is 5.73 Å². The number of hydrogen-bond donors (Lipinski definition) is 0. The molecule has 0 saturated heterocycles. The lowest BCUT2D eigenvalue weighted by Crippen LogP contribution is -1.79. The first-order chi connectivity index (χ1) is 4.41. The van der Waals surface area contributed by atoms with E-state index in [1.54, 1.807) is 0 Å². The Morgan fingerprint density at radius 3 is 2.44 bits per heavy atom. The summed E-state index contributed by atoms with van der Waals surface area (Å²) in [6.07, 6.45) is 4.17. The van der Waals surface area contributed by atoms with Crippen molar-refractivity contribution in [2.45, 2.75) is 32.6 Å². The first-order valence-electron chi connectivity index (χ1n) is 3.52. The third kappa shape index (κ3) is 7.52. The van der Waals surface area contributed by atoms with Gasteiger partial charge in [-0.2, -0.15) is 0 Å². The molecule has 9 heavy (non-hydrogen) atoms. The molecule has 0 saturated carbocycles. The number of rotatable bonds is 3. The van der Waals surface area contributed by atoms with Crippen LogP contribution in [0.2, 0.25) is 0 Å². The van der Waals surface area contributed by atoms with Gasteiger partial charge in [0, 0.05) is 19.4 Å². The van der Waals surface area contributed by atoms with Gasteiger partial charge in [-0.25, -0.2) is 0 Å². The van der Waals surface area contributed by atoms with Gasteiger partial charge < -0.3 is 0 Å². The Labute approximate surface area is 57.6 Å². The maximum atomic E-state index is 6.78. The van der Waals surface area contributed by atoms with Gasteiger partial charge in [0.25, 0.3) is 0 Å². The lowest BCUT2D eigenvalue weighted by molar-refractivity contribution is 0.827. The molecule has 0 heterocycles. The van der Waals surface area contributed by atoms with Crippen molar-refractivity contribution in [1.29, 1.82) is 0 Å². The van der Waals surface area contributed by atoms with E-state index in [2.05, 4.69) is 18.8 Å². The molecule has 0 bridgehead atoms. The van der Waals surface area contributed by atoms with Crippen LogP contribution in [0.3, 0.4) is 0 Å². The zero-order valence-electron chi connectivity index (χ0n) is 6.04. The van der Waals surface area contributed by atoms with E-state index >= 15 is 0 Å². The molecule has 0 spiro atoms. The van der Waals surface area contributed by atoms with Gasteiger partial charge in [0.15, 0.2) is 0 Å². The first kappa shape index (κ1) is 8.52. The van der Waals surface area contributed by atoms with Gasteiger partial charge in [0.1, 0.15) is 0 Å². The topological polar surface area (TPSA) is 23.8 Å². The zero-order chi connectivity index (χ0) is 6.95. The quantitative estimate of drug-likeness (QED) is 0.405. The van der Waals surface area contributed by atoms with Crippen molar-refractivity contribution in [3.05, 3.63) is 0 Å². The Bertz CT molecular complexity index is 96.9. The van der Waals surface area contributed by atoms with Crippen LogP contribution in [0.5, 0.6) is 0 Å². The van der Waals surface area contributed by atoms with Crippen LogP contribution in [-0.2, 0) is 0 Å². The standard InChI is InChI=1S/C8H14N/c1-2-3-4-5-6-7-8-9/h9H,2-4,7-8H2,1H3. The molecular weight excluding hydrogens is 110 g/mol. The van der Waals surface area contributed by atoms with Crippen LogP contribution >= 0.6 is 0 Å². The van der Waals surface area contributed by atoms with Crippen molar-refractivity contribution in [3.8, 4) is 11.8 Å². The predicted molar refractivity (Wildman–Crippen MR) is 39.9 cm³/mol. The largest absolute Gasteiger partial charge is 0.257 e. The van der Waals surface area contributed by atoms with E-state index in [0.717, 1.165) is 12.8 Å². The maximum absolute atomic E-state index is 6.78. The molecule has 1 heteroatoms. The highest BCUT2D eigenvalue weighted by Gasteiger charge is 1.75. The molecule has 51 valence electrons. The van der Waals surface area contributed by atoms with Crippen molar-refractivity contribution in [2.24, 2.45) is 0 Å². The van der Waals surface area contributed by atoms with Crippen LogP contribution in [0.25, 0.3) is 0 Å². The zero-order valence-corrected chi connectivity index (χ0v) is 6.04. The Balaban J connectivity index is 2.96. The fourth-order valence-corrected chi connectivity index (χ4v) is 0.504. The third-order valence-corrected chi connectivity index (χ3v) is 1.03. The minimum atomic E-state index is 0.444. The summed E-state index contributed by atoms with van der Waals surface area (Å²) in [4.78, 5) is 0. The molecule has 0 aromatic carbocycles. The molecule has 0 unspecified atom stereocenters. The van der Waals surface area contributed by atoms with Crippen molar-refractivity contribution in [1.82, 2.24) is 5.73 Å². The minimum absolute atomic E-state index is 0.444. The fraction of sp³-hybridized carbons (Fsp3) is 0.750. The molecule has 0 aliphatic heterocycles. The minimum Gasteiger partial charge on any atom is -0.257 e. The molecule has 0 rings (SSSR count). The molecule has 0 aromatic rings. The summed E-state index contributed by atoms with van der Waals surface area (Å²) in [6, 6.07) is 0. The van der Waals surface area contributed by atoms with Gasteiger partial charge in [-0.15, -0.1) is 11.8 Å². The van der Waals surface area contributed by atoms with Gasteiger partial charge in [-0.3, -0.25) is 5.73 Å². The van der Waals surface area contributed by atoms with Gasteiger partial charge in [-0.05, 0) is 6.42 Å². The van der Waals surface area contributed by atoms with Crippen molar-refractivity contribution >= 4 is 0 Å².